The van der Waals surface area contributed by atoms with Gasteiger partial charge < -0.3 is 14.5 Å². The van der Waals surface area contributed by atoms with Crippen molar-refractivity contribution < 1.29 is 9.53 Å². The van der Waals surface area contributed by atoms with E-state index in [1.807, 2.05) is 24.3 Å². The fraction of sp³-hybridized carbons (Fsp3) is 0.591. The van der Waals surface area contributed by atoms with E-state index < -0.39 is 0 Å². The summed E-state index contributed by atoms with van der Waals surface area (Å²) in [4.78, 5) is 17.6. The molecule has 0 radical (unpaired) electrons. The number of amides is 1. The molecule has 0 bridgehead atoms. The number of ether oxygens (including phenoxy) is 1. The predicted molar refractivity (Wildman–Crippen MR) is 104 cm³/mol. The summed E-state index contributed by atoms with van der Waals surface area (Å²) in [6.07, 6.45) is 12.8. The summed E-state index contributed by atoms with van der Waals surface area (Å²) >= 11 is 0. The number of likely N-dealkylation sites (tertiary alicyclic amines) is 2. The summed E-state index contributed by atoms with van der Waals surface area (Å²) in [6, 6.07) is 8.12. The van der Waals surface area contributed by atoms with Crippen molar-refractivity contribution in [1.29, 1.82) is 0 Å². The van der Waals surface area contributed by atoms with Gasteiger partial charge in [-0.05, 0) is 88.4 Å². The van der Waals surface area contributed by atoms with Crippen molar-refractivity contribution in [3.8, 4) is 5.75 Å². The molecule has 0 N–H and O–H groups in total. The zero-order valence-electron chi connectivity index (χ0n) is 15.6. The minimum atomic E-state index is 0.175. The van der Waals surface area contributed by atoms with Gasteiger partial charge in [-0.25, -0.2) is 0 Å². The standard InChI is InChI=1S/C22H30N2O2/c25-22(24-16-6-7-19(24)17-23-14-4-5-15-23)18-10-12-21(13-11-18)26-20-8-2-1-3-9-20/h2,8,10-13,19-20H,1,3-7,9,14-17H2/t19-,20?/m0/s1. The molecule has 2 heterocycles. The first-order valence-corrected chi connectivity index (χ1v) is 10.3. The largest absolute Gasteiger partial charge is 0.486 e. The number of carbonyl (C=O) groups excluding carboxylic acids is 1. The Balaban J connectivity index is 1.37. The van der Waals surface area contributed by atoms with E-state index in [9.17, 15) is 4.79 Å². The minimum Gasteiger partial charge on any atom is -0.486 e. The Morgan fingerprint density at radius 3 is 2.54 bits per heavy atom. The predicted octanol–water partition coefficient (Wildman–Crippen LogP) is 3.87. The highest BCUT2D eigenvalue weighted by Crippen LogP contribution is 2.24. The molecule has 4 heteroatoms. The molecule has 2 fully saturated rings. The van der Waals surface area contributed by atoms with Gasteiger partial charge in [0.25, 0.3) is 5.91 Å². The van der Waals surface area contributed by atoms with Crippen LogP contribution in [0.3, 0.4) is 0 Å². The van der Waals surface area contributed by atoms with Crippen molar-refractivity contribution in [2.75, 3.05) is 26.2 Å². The summed E-state index contributed by atoms with van der Waals surface area (Å²) in [5.41, 5.74) is 0.782. The SMILES string of the molecule is O=C(c1ccc(OC2C=CCCC2)cc1)N1CCC[C@H]1CN1CCCC1. The highest BCUT2D eigenvalue weighted by Gasteiger charge is 2.31. The average molecular weight is 354 g/mol. The third kappa shape index (κ3) is 4.12. The second kappa shape index (κ2) is 8.26. The quantitative estimate of drug-likeness (QED) is 0.753. The lowest BCUT2D eigenvalue weighted by molar-refractivity contribution is 0.0708. The molecule has 0 aromatic heterocycles. The molecule has 1 unspecified atom stereocenters. The highest BCUT2D eigenvalue weighted by atomic mass is 16.5. The summed E-state index contributed by atoms with van der Waals surface area (Å²) in [5.74, 6) is 1.03. The third-order valence-electron chi connectivity index (χ3n) is 5.90. The number of rotatable bonds is 5. The van der Waals surface area contributed by atoms with Gasteiger partial charge in [-0.3, -0.25) is 4.79 Å². The first kappa shape index (κ1) is 17.6. The number of allylic oxidation sites excluding steroid dienone is 1. The average Bonchev–Trinajstić information content (AvgIpc) is 3.35. The Morgan fingerprint density at radius 1 is 1.00 bits per heavy atom. The van der Waals surface area contributed by atoms with E-state index in [1.165, 1.54) is 32.4 Å². The summed E-state index contributed by atoms with van der Waals surface area (Å²) in [7, 11) is 0. The first-order chi connectivity index (χ1) is 12.8. The van der Waals surface area contributed by atoms with Crippen LogP contribution in [0.25, 0.3) is 0 Å². The maximum atomic E-state index is 13.0. The fourth-order valence-electron chi connectivity index (χ4n) is 4.45. The minimum absolute atomic E-state index is 0.175. The number of hydrogen-bond acceptors (Lipinski definition) is 3. The van der Waals surface area contributed by atoms with Gasteiger partial charge in [-0.1, -0.05) is 6.08 Å². The molecule has 0 saturated carbocycles. The van der Waals surface area contributed by atoms with Crippen LogP contribution in [0.2, 0.25) is 0 Å². The maximum Gasteiger partial charge on any atom is 0.254 e. The van der Waals surface area contributed by atoms with E-state index in [0.717, 1.165) is 50.1 Å². The maximum absolute atomic E-state index is 13.0. The van der Waals surface area contributed by atoms with Crippen molar-refractivity contribution in [3.05, 3.63) is 42.0 Å². The van der Waals surface area contributed by atoms with Crippen LogP contribution in [0.4, 0.5) is 0 Å². The molecule has 1 aromatic carbocycles. The van der Waals surface area contributed by atoms with Crippen LogP contribution in [-0.4, -0.2) is 54.0 Å². The molecule has 2 saturated heterocycles. The Labute approximate surface area is 156 Å². The summed E-state index contributed by atoms with van der Waals surface area (Å²) < 4.78 is 6.01. The van der Waals surface area contributed by atoms with Gasteiger partial charge >= 0.3 is 0 Å². The Hall–Kier alpha value is -1.81. The normalized spacial score (nSPS) is 26.4. The summed E-state index contributed by atoms with van der Waals surface area (Å²) in [6.45, 7) is 4.32. The Kier molecular flexibility index (Phi) is 5.59. The second-order valence-corrected chi connectivity index (χ2v) is 7.84. The van der Waals surface area contributed by atoms with Crippen LogP contribution in [0.5, 0.6) is 5.75 Å². The molecule has 1 aliphatic carbocycles. The molecule has 1 amide bonds. The van der Waals surface area contributed by atoms with Crippen molar-refractivity contribution >= 4 is 5.91 Å². The number of benzene rings is 1. The molecule has 2 atom stereocenters. The van der Waals surface area contributed by atoms with E-state index in [-0.39, 0.29) is 12.0 Å². The molecule has 3 aliphatic rings. The van der Waals surface area contributed by atoms with Crippen LogP contribution in [0, 0.1) is 0 Å². The van der Waals surface area contributed by atoms with Crippen molar-refractivity contribution in [2.45, 2.75) is 57.1 Å². The van der Waals surface area contributed by atoms with Gasteiger partial charge in [-0.15, -0.1) is 0 Å². The van der Waals surface area contributed by atoms with Gasteiger partial charge in [0.05, 0.1) is 0 Å². The fourth-order valence-corrected chi connectivity index (χ4v) is 4.45. The Bertz CT molecular complexity index is 634. The third-order valence-corrected chi connectivity index (χ3v) is 5.90. The van der Waals surface area contributed by atoms with Crippen LogP contribution < -0.4 is 4.74 Å². The molecule has 2 aliphatic heterocycles. The van der Waals surface area contributed by atoms with Gasteiger partial charge in [0.1, 0.15) is 11.9 Å². The lowest BCUT2D eigenvalue weighted by Crippen LogP contribution is -2.42. The summed E-state index contributed by atoms with van der Waals surface area (Å²) in [5, 5.41) is 0. The zero-order chi connectivity index (χ0) is 17.8. The zero-order valence-corrected chi connectivity index (χ0v) is 15.6. The molecule has 4 rings (SSSR count). The van der Waals surface area contributed by atoms with Crippen molar-refractivity contribution in [1.82, 2.24) is 9.80 Å². The number of carbonyl (C=O) groups is 1. The topological polar surface area (TPSA) is 32.8 Å². The first-order valence-electron chi connectivity index (χ1n) is 10.3. The molecule has 140 valence electrons. The van der Waals surface area contributed by atoms with E-state index in [0.29, 0.717) is 6.04 Å². The monoisotopic (exact) mass is 354 g/mol. The van der Waals surface area contributed by atoms with E-state index in [4.69, 9.17) is 4.74 Å². The highest BCUT2D eigenvalue weighted by molar-refractivity contribution is 5.94. The molecule has 4 nitrogen and oxygen atoms in total. The van der Waals surface area contributed by atoms with Gasteiger partial charge in [0, 0.05) is 24.7 Å². The number of nitrogens with zero attached hydrogens (tertiary/aromatic N) is 2. The number of hydrogen-bond donors (Lipinski definition) is 0. The molecular weight excluding hydrogens is 324 g/mol. The lowest BCUT2D eigenvalue weighted by atomic mass is 10.1. The van der Waals surface area contributed by atoms with Gasteiger partial charge in [0.2, 0.25) is 0 Å². The molecule has 26 heavy (non-hydrogen) atoms. The van der Waals surface area contributed by atoms with E-state index in [1.54, 1.807) is 0 Å². The Morgan fingerprint density at radius 2 is 1.81 bits per heavy atom. The second-order valence-electron chi connectivity index (χ2n) is 7.84. The van der Waals surface area contributed by atoms with E-state index in [2.05, 4.69) is 22.0 Å². The van der Waals surface area contributed by atoms with Crippen LogP contribution in [-0.2, 0) is 0 Å². The van der Waals surface area contributed by atoms with E-state index >= 15 is 0 Å². The lowest BCUT2D eigenvalue weighted by Gasteiger charge is -2.28. The van der Waals surface area contributed by atoms with Crippen LogP contribution >= 0.6 is 0 Å². The van der Waals surface area contributed by atoms with Crippen molar-refractivity contribution in [2.24, 2.45) is 0 Å². The molecule has 1 aromatic rings. The van der Waals surface area contributed by atoms with Gasteiger partial charge in [-0.2, -0.15) is 0 Å². The molecule has 0 spiro atoms. The molecular formula is C22H30N2O2. The van der Waals surface area contributed by atoms with Crippen LogP contribution in [0.15, 0.2) is 36.4 Å². The smallest absolute Gasteiger partial charge is 0.254 e. The van der Waals surface area contributed by atoms with Crippen LogP contribution in [0.1, 0.15) is 55.3 Å². The van der Waals surface area contributed by atoms with Gasteiger partial charge in [0.15, 0.2) is 0 Å². The van der Waals surface area contributed by atoms with Crippen molar-refractivity contribution in [3.63, 3.8) is 0 Å².